The summed E-state index contributed by atoms with van der Waals surface area (Å²) >= 11 is 5.84. The highest BCUT2D eigenvalue weighted by Gasteiger charge is 2.27. The highest BCUT2D eigenvalue weighted by molar-refractivity contribution is 6.31. The van der Waals surface area contributed by atoms with Gasteiger partial charge in [0.15, 0.2) is 0 Å². The zero-order valence-electron chi connectivity index (χ0n) is 13.4. The van der Waals surface area contributed by atoms with Crippen LogP contribution in [-0.2, 0) is 12.5 Å². The number of rotatable bonds is 5. The summed E-state index contributed by atoms with van der Waals surface area (Å²) in [6.45, 7) is 2.77. The van der Waals surface area contributed by atoms with Gasteiger partial charge in [-0.2, -0.15) is 0 Å². The van der Waals surface area contributed by atoms with E-state index in [9.17, 15) is 8.78 Å². The Morgan fingerprint density at radius 2 is 1.96 bits per heavy atom. The summed E-state index contributed by atoms with van der Waals surface area (Å²) in [5.74, 6) is -3.05. The smallest absolute Gasteiger partial charge is 0.316 e. The summed E-state index contributed by atoms with van der Waals surface area (Å²) in [6.07, 6.45) is 4.85. The van der Waals surface area contributed by atoms with E-state index in [0.29, 0.717) is 11.4 Å². The second-order valence-electron chi connectivity index (χ2n) is 5.54. The summed E-state index contributed by atoms with van der Waals surface area (Å²) in [5, 5.41) is 7.87. The van der Waals surface area contributed by atoms with Crippen molar-refractivity contribution >= 4 is 11.6 Å². The lowest BCUT2D eigenvalue weighted by Gasteiger charge is -2.13. The fraction of sp³-hybridized carbons (Fsp3) is 0.250. The van der Waals surface area contributed by atoms with Crippen molar-refractivity contribution in [1.29, 1.82) is 0 Å². The lowest BCUT2D eigenvalue weighted by Crippen LogP contribution is -2.09. The number of aromatic nitrogens is 5. The standard InChI is InChI=1S/C16H14ClF2N5O/c1-10-6-20-15(21-7-10)25-9-11-8-24(23-22-11)12-3-4-14(17)13(5-12)16(2,18)19/h3-8H,9H2,1-2H3. The molecule has 0 unspecified atom stereocenters. The van der Waals surface area contributed by atoms with Gasteiger partial charge in [-0.3, -0.25) is 0 Å². The van der Waals surface area contributed by atoms with Gasteiger partial charge in [0.05, 0.1) is 11.9 Å². The second-order valence-corrected chi connectivity index (χ2v) is 5.95. The molecule has 6 nitrogen and oxygen atoms in total. The molecule has 0 bridgehead atoms. The van der Waals surface area contributed by atoms with Crippen LogP contribution < -0.4 is 4.74 Å². The van der Waals surface area contributed by atoms with Gasteiger partial charge in [-0.15, -0.1) is 5.10 Å². The molecule has 3 rings (SSSR count). The van der Waals surface area contributed by atoms with E-state index in [1.54, 1.807) is 24.7 Å². The molecule has 3 aromatic rings. The first-order chi connectivity index (χ1) is 11.8. The normalized spacial score (nSPS) is 11.6. The number of hydrogen-bond donors (Lipinski definition) is 0. The van der Waals surface area contributed by atoms with Gasteiger partial charge in [-0.05, 0) is 30.7 Å². The molecule has 0 amide bonds. The van der Waals surface area contributed by atoms with Crippen LogP contribution in [-0.4, -0.2) is 25.0 Å². The predicted molar refractivity (Wildman–Crippen MR) is 87.0 cm³/mol. The van der Waals surface area contributed by atoms with Gasteiger partial charge in [0, 0.05) is 29.9 Å². The van der Waals surface area contributed by atoms with Crippen molar-refractivity contribution in [1.82, 2.24) is 25.0 Å². The molecular formula is C16H14ClF2N5O. The van der Waals surface area contributed by atoms with Crippen LogP contribution in [0.3, 0.4) is 0 Å². The SMILES string of the molecule is Cc1cnc(OCc2cn(-c3ccc(Cl)c(C(C)(F)F)c3)nn2)nc1. The van der Waals surface area contributed by atoms with Gasteiger partial charge in [-0.25, -0.2) is 23.4 Å². The minimum absolute atomic E-state index is 0.00329. The van der Waals surface area contributed by atoms with Crippen molar-refractivity contribution in [2.45, 2.75) is 26.4 Å². The van der Waals surface area contributed by atoms with E-state index in [2.05, 4.69) is 20.3 Å². The van der Waals surface area contributed by atoms with Gasteiger partial charge < -0.3 is 4.74 Å². The van der Waals surface area contributed by atoms with E-state index in [4.69, 9.17) is 16.3 Å². The van der Waals surface area contributed by atoms with Crippen LogP contribution in [0.2, 0.25) is 5.02 Å². The highest BCUT2D eigenvalue weighted by Crippen LogP contribution is 2.34. The average molecular weight is 366 g/mol. The first-order valence-electron chi connectivity index (χ1n) is 7.34. The number of halogens is 3. The molecule has 0 N–H and O–H groups in total. The van der Waals surface area contributed by atoms with E-state index in [0.717, 1.165) is 12.5 Å². The van der Waals surface area contributed by atoms with Crippen LogP contribution in [0, 0.1) is 6.92 Å². The van der Waals surface area contributed by atoms with E-state index < -0.39 is 5.92 Å². The zero-order valence-corrected chi connectivity index (χ0v) is 14.2. The highest BCUT2D eigenvalue weighted by atomic mass is 35.5. The summed E-state index contributed by atoms with van der Waals surface area (Å²) in [6, 6.07) is 4.49. The van der Waals surface area contributed by atoms with Crippen molar-refractivity contribution in [2.24, 2.45) is 0 Å². The van der Waals surface area contributed by atoms with E-state index in [1.807, 2.05) is 6.92 Å². The Hall–Kier alpha value is -2.61. The third-order valence-electron chi connectivity index (χ3n) is 3.33. The molecule has 25 heavy (non-hydrogen) atoms. The fourth-order valence-electron chi connectivity index (χ4n) is 2.08. The Morgan fingerprint density at radius 1 is 1.24 bits per heavy atom. The maximum atomic E-state index is 13.6. The van der Waals surface area contributed by atoms with Crippen LogP contribution in [0.15, 0.2) is 36.8 Å². The lowest BCUT2D eigenvalue weighted by atomic mass is 10.1. The molecule has 0 saturated carbocycles. The second kappa shape index (κ2) is 6.72. The molecule has 2 aromatic heterocycles. The van der Waals surface area contributed by atoms with E-state index in [1.165, 1.54) is 16.8 Å². The molecule has 0 aliphatic rings. The zero-order chi connectivity index (χ0) is 18.0. The van der Waals surface area contributed by atoms with Crippen molar-refractivity contribution in [3.8, 4) is 11.7 Å². The van der Waals surface area contributed by atoms with Crippen molar-refractivity contribution in [3.05, 3.63) is 58.6 Å². The van der Waals surface area contributed by atoms with Gasteiger partial charge in [0.1, 0.15) is 12.3 Å². The average Bonchev–Trinajstić information content (AvgIpc) is 3.03. The molecule has 0 aliphatic carbocycles. The maximum absolute atomic E-state index is 13.6. The first-order valence-corrected chi connectivity index (χ1v) is 7.71. The Balaban J connectivity index is 1.76. The number of benzene rings is 1. The van der Waals surface area contributed by atoms with E-state index in [-0.39, 0.29) is 23.2 Å². The van der Waals surface area contributed by atoms with Crippen LogP contribution in [0.25, 0.3) is 5.69 Å². The predicted octanol–water partition coefficient (Wildman–Crippen LogP) is 3.71. The Morgan fingerprint density at radius 3 is 2.64 bits per heavy atom. The molecule has 130 valence electrons. The molecular weight excluding hydrogens is 352 g/mol. The number of ether oxygens (including phenoxy) is 1. The van der Waals surface area contributed by atoms with Crippen LogP contribution in [0.4, 0.5) is 8.78 Å². The van der Waals surface area contributed by atoms with Crippen LogP contribution in [0.1, 0.15) is 23.7 Å². The summed E-state index contributed by atoms with van der Waals surface area (Å²) in [7, 11) is 0. The van der Waals surface area contributed by atoms with Gasteiger partial charge in [0.25, 0.3) is 5.92 Å². The third kappa shape index (κ3) is 4.08. The number of aryl methyl sites for hydroxylation is 1. The summed E-state index contributed by atoms with van der Waals surface area (Å²) in [5.41, 5.74) is 1.58. The topological polar surface area (TPSA) is 65.7 Å². The molecule has 0 radical (unpaired) electrons. The first kappa shape index (κ1) is 17.2. The number of hydrogen-bond acceptors (Lipinski definition) is 5. The van der Waals surface area contributed by atoms with Gasteiger partial charge in [-0.1, -0.05) is 16.8 Å². The maximum Gasteiger partial charge on any atom is 0.316 e. The number of nitrogens with zero attached hydrogens (tertiary/aromatic N) is 5. The Kier molecular flexibility index (Phi) is 4.63. The molecule has 0 aliphatic heterocycles. The van der Waals surface area contributed by atoms with Gasteiger partial charge in [0.2, 0.25) is 0 Å². The molecule has 1 aromatic carbocycles. The molecule has 2 heterocycles. The Labute approximate surface area is 147 Å². The molecule has 0 atom stereocenters. The summed E-state index contributed by atoms with van der Waals surface area (Å²) in [4.78, 5) is 8.04. The van der Waals surface area contributed by atoms with Crippen LogP contribution in [0.5, 0.6) is 6.01 Å². The molecule has 9 heteroatoms. The monoisotopic (exact) mass is 365 g/mol. The summed E-state index contributed by atoms with van der Waals surface area (Å²) < 4.78 is 34.0. The van der Waals surface area contributed by atoms with Crippen LogP contribution >= 0.6 is 11.6 Å². The van der Waals surface area contributed by atoms with Crippen molar-refractivity contribution in [2.75, 3.05) is 0 Å². The molecule has 0 spiro atoms. The quantitative estimate of drug-likeness (QED) is 0.689. The van der Waals surface area contributed by atoms with Crippen molar-refractivity contribution < 1.29 is 13.5 Å². The lowest BCUT2D eigenvalue weighted by molar-refractivity contribution is 0.0176. The molecule has 0 fully saturated rings. The largest absolute Gasteiger partial charge is 0.457 e. The minimum Gasteiger partial charge on any atom is -0.457 e. The minimum atomic E-state index is -3.05. The van der Waals surface area contributed by atoms with E-state index >= 15 is 0 Å². The van der Waals surface area contributed by atoms with Crippen molar-refractivity contribution in [3.63, 3.8) is 0 Å². The third-order valence-corrected chi connectivity index (χ3v) is 3.66. The molecule has 0 saturated heterocycles. The van der Waals surface area contributed by atoms with Gasteiger partial charge >= 0.3 is 6.01 Å². The Bertz CT molecular complexity index is 877. The fourth-order valence-corrected chi connectivity index (χ4v) is 2.36. The number of alkyl halides is 2.